The fourth-order valence-corrected chi connectivity index (χ4v) is 6.16. The maximum atomic E-state index is 14.2. The van der Waals surface area contributed by atoms with Gasteiger partial charge in [0.1, 0.15) is 12.3 Å². The molecule has 16 nitrogen and oxygen atoms in total. The van der Waals surface area contributed by atoms with E-state index >= 15 is 0 Å². The van der Waals surface area contributed by atoms with Crippen molar-refractivity contribution in [2.45, 2.75) is 83.7 Å². The number of rotatable bonds is 18. The number of ketones is 1. The van der Waals surface area contributed by atoms with Crippen LogP contribution in [0.25, 0.3) is 17.2 Å². The van der Waals surface area contributed by atoms with Gasteiger partial charge in [-0.25, -0.2) is 14.6 Å². The van der Waals surface area contributed by atoms with Crippen LogP contribution in [0.2, 0.25) is 0 Å². The van der Waals surface area contributed by atoms with Crippen molar-refractivity contribution < 1.29 is 58.2 Å². The summed E-state index contributed by atoms with van der Waals surface area (Å²) in [6.45, 7) is 8.36. The number of aliphatic hydroxyl groups excluding tert-OH is 3. The Morgan fingerprint density at radius 2 is 1.72 bits per heavy atom. The summed E-state index contributed by atoms with van der Waals surface area (Å²) in [5.41, 5.74) is 1.76. The van der Waals surface area contributed by atoms with E-state index < -0.39 is 67.0 Å². The molecule has 16 heteroatoms. The van der Waals surface area contributed by atoms with Gasteiger partial charge in [-0.2, -0.15) is 0 Å². The van der Waals surface area contributed by atoms with Crippen LogP contribution in [0, 0.1) is 11.3 Å². The predicted molar refractivity (Wildman–Crippen MR) is 209 cm³/mol. The van der Waals surface area contributed by atoms with Gasteiger partial charge in [0.2, 0.25) is 6.29 Å². The maximum Gasteiger partial charge on any atom is 0.511 e. The van der Waals surface area contributed by atoms with Crippen LogP contribution < -0.4 is 10.6 Å². The number of β-amino-alcohol motifs (C(OH)–C–C–N with tert-alkyl or cyclic N) is 1. The summed E-state index contributed by atoms with van der Waals surface area (Å²) in [5.74, 6) is -2.31. The molecule has 1 aliphatic carbocycles. The normalized spacial score (nSPS) is 17.9. The molecule has 5 rings (SSSR count). The highest BCUT2D eigenvalue weighted by Gasteiger charge is 2.34. The Kier molecular flexibility index (Phi) is 14.6. The molecule has 308 valence electrons. The molecule has 4 atom stereocenters. The number of carbonyl (C=O) groups excluding carboxylic acids is 5. The second kappa shape index (κ2) is 19.6. The van der Waals surface area contributed by atoms with Gasteiger partial charge in [-0.15, -0.1) is 0 Å². The molecule has 2 aromatic carbocycles. The van der Waals surface area contributed by atoms with Crippen LogP contribution in [0.3, 0.4) is 0 Å². The van der Waals surface area contributed by atoms with E-state index in [1.165, 1.54) is 37.3 Å². The second-order valence-corrected chi connectivity index (χ2v) is 14.4. The monoisotopic (exact) mass is 800 g/mol. The molecule has 2 fully saturated rings. The summed E-state index contributed by atoms with van der Waals surface area (Å²) >= 11 is 0. The third-order valence-corrected chi connectivity index (χ3v) is 9.50. The Bertz CT molecular complexity index is 2050. The number of nitrogens with zero attached hydrogens (tertiary/aromatic N) is 1. The zero-order valence-corrected chi connectivity index (χ0v) is 32.5. The van der Waals surface area contributed by atoms with Gasteiger partial charge in [0.15, 0.2) is 11.5 Å². The predicted octanol–water partition coefficient (Wildman–Crippen LogP) is 3.51. The number of pyridine rings is 1. The number of hydrogen-bond donors (Lipinski definition) is 6. The molecule has 2 heterocycles. The number of aliphatic hydroxyl groups is 3. The summed E-state index contributed by atoms with van der Waals surface area (Å²) in [7, 11) is 0. The van der Waals surface area contributed by atoms with Crippen LogP contribution >= 0.6 is 0 Å². The van der Waals surface area contributed by atoms with Crippen LogP contribution in [0.5, 0.6) is 0 Å². The van der Waals surface area contributed by atoms with E-state index in [2.05, 4.69) is 22.2 Å². The lowest BCUT2D eigenvalue weighted by Gasteiger charge is -2.18. The lowest BCUT2D eigenvalue weighted by Crippen LogP contribution is -2.37. The fraction of sp³-hybridized carbons (Fsp3) is 0.405. The van der Waals surface area contributed by atoms with E-state index in [0.29, 0.717) is 34.7 Å². The van der Waals surface area contributed by atoms with Gasteiger partial charge in [0.25, 0.3) is 5.91 Å². The smallest absolute Gasteiger partial charge is 0.464 e. The standard InChI is InChI=1S/C42H48N4O12/c1-5-26-15-31(35(48)14-24-8-10-27(11-9-24)32(43)17-37(50)55-21-34-39(51)36(49)19-44-34)30(16-28(26)20-47)29-12-13-33(40(52)45-18-25-6-7-25)46-38(29)41(53)57-23(4)58-42(54)56-22(2)3/h5,8-13,15-16,22-23,25,34,36,39,43-44,47,49,51H,1,6-7,14,17-21H2,2-4H3,(H,45,52)/t23?,34-,36+,39-/m1/s1. The van der Waals surface area contributed by atoms with E-state index in [4.69, 9.17) is 24.4 Å². The molecule has 6 N–H and O–H groups in total. The van der Waals surface area contributed by atoms with Crippen LogP contribution in [-0.4, -0.2) is 106 Å². The Balaban J connectivity index is 1.39. The molecule has 0 radical (unpaired) electrons. The molecule has 1 unspecified atom stereocenters. The van der Waals surface area contributed by atoms with E-state index in [-0.39, 0.29) is 59.8 Å². The topological polar surface area (TPSA) is 244 Å². The van der Waals surface area contributed by atoms with Crippen LogP contribution in [0.4, 0.5) is 4.79 Å². The molecule has 1 saturated heterocycles. The van der Waals surface area contributed by atoms with Gasteiger partial charge in [-0.3, -0.25) is 14.4 Å². The third kappa shape index (κ3) is 11.4. The molecule has 1 aliphatic heterocycles. The zero-order chi connectivity index (χ0) is 42.1. The Labute approximate surface area is 335 Å². The summed E-state index contributed by atoms with van der Waals surface area (Å²) < 4.78 is 20.6. The lowest BCUT2D eigenvalue weighted by atomic mass is 9.89. The first-order chi connectivity index (χ1) is 27.7. The van der Waals surface area contributed by atoms with Crippen LogP contribution in [-0.2, 0) is 36.8 Å². The van der Waals surface area contributed by atoms with Crippen molar-refractivity contribution >= 4 is 41.6 Å². The number of hydrogen-bond acceptors (Lipinski definition) is 15. The average Bonchev–Trinajstić information content (AvgIpc) is 3.97. The third-order valence-electron chi connectivity index (χ3n) is 9.50. The van der Waals surface area contributed by atoms with Crippen LogP contribution in [0.15, 0.2) is 55.1 Å². The summed E-state index contributed by atoms with van der Waals surface area (Å²) in [6, 6.07) is 11.8. The molecule has 0 spiro atoms. The minimum Gasteiger partial charge on any atom is -0.464 e. The molecule has 3 aromatic rings. The molecule has 1 amide bonds. The number of carbonyl (C=O) groups is 5. The number of amides is 1. The van der Waals surface area contributed by atoms with Gasteiger partial charge >= 0.3 is 18.1 Å². The number of esters is 2. The Hall–Kier alpha value is -5.81. The molecular formula is C42H48N4O12. The molecule has 0 bridgehead atoms. The van der Waals surface area contributed by atoms with Crippen molar-refractivity contribution in [2.75, 3.05) is 19.7 Å². The molecule has 1 aromatic heterocycles. The van der Waals surface area contributed by atoms with Gasteiger partial charge < -0.3 is 50.3 Å². The molecule has 58 heavy (non-hydrogen) atoms. The SMILES string of the molecule is C=Cc1cc(C(=O)Cc2ccc(C(=N)CC(=O)OC[C@H]3NC[C@H](O)[C@@H]3O)cc2)c(-c2ccc(C(=O)NCC3CC3)nc2C(=O)OC(C)OC(=O)OC(C)C)cc1CO. The molecular weight excluding hydrogens is 752 g/mol. The zero-order valence-electron chi connectivity index (χ0n) is 32.5. The summed E-state index contributed by atoms with van der Waals surface area (Å²) in [5, 5.41) is 44.0. The van der Waals surface area contributed by atoms with Crippen molar-refractivity contribution in [3.8, 4) is 11.1 Å². The number of aromatic nitrogens is 1. The van der Waals surface area contributed by atoms with Crippen molar-refractivity contribution in [1.82, 2.24) is 15.6 Å². The van der Waals surface area contributed by atoms with Crippen molar-refractivity contribution in [3.05, 3.63) is 94.3 Å². The fourth-order valence-electron chi connectivity index (χ4n) is 6.16. The Morgan fingerprint density at radius 1 is 1.00 bits per heavy atom. The number of benzene rings is 2. The minimum absolute atomic E-state index is 0.0338. The Morgan fingerprint density at radius 3 is 2.34 bits per heavy atom. The van der Waals surface area contributed by atoms with Crippen molar-refractivity contribution in [2.24, 2.45) is 5.92 Å². The summed E-state index contributed by atoms with van der Waals surface area (Å²) in [4.78, 5) is 69.9. The first-order valence-corrected chi connectivity index (χ1v) is 18.9. The van der Waals surface area contributed by atoms with E-state index in [1.807, 2.05) is 0 Å². The van der Waals surface area contributed by atoms with E-state index in [0.717, 1.165) is 12.8 Å². The van der Waals surface area contributed by atoms with Crippen molar-refractivity contribution in [1.29, 1.82) is 5.41 Å². The quantitative estimate of drug-likeness (QED) is 0.0355. The van der Waals surface area contributed by atoms with Gasteiger partial charge in [-0.05, 0) is 84.7 Å². The number of Topliss-reactive ketones (excluding diaryl/α,β-unsaturated/α-hetero) is 1. The highest BCUT2D eigenvalue weighted by atomic mass is 16.8. The first-order valence-electron chi connectivity index (χ1n) is 18.9. The largest absolute Gasteiger partial charge is 0.511 e. The highest BCUT2D eigenvalue weighted by molar-refractivity contribution is 6.09. The first kappa shape index (κ1) is 43.3. The lowest BCUT2D eigenvalue weighted by molar-refractivity contribution is -0.143. The van der Waals surface area contributed by atoms with Gasteiger partial charge in [0, 0.05) is 43.3 Å². The summed E-state index contributed by atoms with van der Waals surface area (Å²) in [6.07, 6.45) is -2.04. The van der Waals surface area contributed by atoms with E-state index in [1.54, 1.807) is 38.1 Å². The second-order valence-electron chi connectivity index (χ2n) is 14.4. The minimum atomic E-state index is -1.42. The molecule has 2 aliphatic rings. The van der Waals surface area contributed by atoms with Gasteiger partial charge in [0.05, 0.1) is 37.4 Å². The maximum absolute atomic E-state index is 14.2. The highest BCUT2D eigenvalue weighted by Crippen LogP contribution is 2.33. The number of nitrogens with one attached hydrogen (secondary N) is 3. The number of ether oxygens (including phenoxy) is 4. The average molecular weight is 801 g/mol. The van der Waals surface area contributed by atoms with E-state index in [9.17, 15) is 39.3 Å². The molecule has 1 saturated carbocycles. The van der Waals surface area contributed by atoms with Crippen LogP contribution in [0.1, 0.15) is 93.6 Å². The van der Waals surface area contributed by atoms with Gasteiger partial charge in [-0.1, -0.05) is 36.9 Å². The van der Waals surface area contributed by atoms with Crippen molar-refractivity contribution in [3.63, 3.8) is 0 Å².